The first-order chi connectivity index (χ1) is 4.23. The Labute approximate surface area is 76.1 Å². The van der Waals surface area contributed by atoms with E-state index in [0.29, 0.717) is 0 Å². The van der Waals surface area contributed by atoms with Crippen LogP contribution >= 0.6 is 11.3 Å². The van der Waals surface area contributed by atoms with E-state index in [0.717, 1.165) is 6.92 Å². The molecule has 0 atom stereocenters. The number of carboxylic acids is 1. The van der Waals surface area contributed by atoms with Crippen molar-refractivity contribution < 1.29 is 9.90 Å². The summed E-state index contributed by atoms with van der Waals surface area (Å²) in [5.74, 6) is -0.833. The second-order valence-corrected chi connectivity index (χ2v) is 2.13. The van der Waals surface area contributed by atoms with E-state index in [4.69, 9.17) is 9.90 Å². The maximum absolute atomic E-state index is 9.00. The molecule has 0 radical (unpaired) electrons. The van der Waals surface area contributed by atoms with Crippen molar-refractivity contribution >= 4 is 36.2 Å². The Balaban J connectivity index is 0. The van der Waals surface area contributed by atoms with E-state index in [1.807, 2.05) is 22.9 Å². The minimum atomic E-state index is -0.833. The van der Waals surface area contributed by atoms with E-state index in [1.54, 1.807) is 11.3 Å². The SMILES string of the molecule is CC(=O)O.[LiH].c1ccsc1. The van der Waals surface area contributed by atoms with Crippen molar-refractivity contribution in [3.8, 4) is 0 Å². The first kappa shape index (κ1) is 12.4. The Kier molecular flexibility index (Phi) is 10.9. The second-order valence-electron chi connectivity index (χ2n) is 1.31. The molecule has 1 heterocycles. The van der Waals surface area contributed by atoms with Crippen LogP contribution in [0.25, 0.3) is 0 Å². The van der Waals surface area contributed by atoms with Crippen molar-refractivity contribution in [3.63, 3.8) is 0 Å². The summed E-state index contributed by atoms with van der Waals surface area (Å²) in [6.07, 6.45) is 0. The molecule has 0 unspecified atom stereocenters. The van der Waals surface area contributed by atoms with Gasteiger partial charge in [-0.25, -0.2) is 0 Å². The van der Waals surface area contributed by atoms with E-state index in [9.17, 15) is 0 Å². The molecule has 0 aliphatic rings. The van der Waals surface area contributed by atoms with Crippen molar-refractivity contribution in [2.24, 2.45) is 0 Å². The molecule has 0 bridgehead atoms. The third-order valence-corrected chi connectivity index (χ3v) is 1.05. The van der Waals surface area contributed by atoms with Crippen LogP contribution < -0.4 is 0 Å². The van der Waals surface area contributed by atoms with Crippen molar-refractivity contribution in [1.82, 2.24) is 0 Å². The fourth-order valence-electron chi connectivity index (χ4n) is 0.227. The summed E-state index contributed by atoms with van der Waals surface area (Å²) < 4.78 is 0. The van der Waals surface area contributed by atoms with Crippen LogP contribution in [0.15, 0.2) is 22.9 Å². The largest absolute Gasteiger partial charge is 0.152 e. The molecule has 0 aromatic carbocycles. The summed E-state index contributed by atoms with van der Waals surface area (Å²) in [6, 6.07) is 4.04. The molecule has 0 spiro atoms. The Morgan fingerprint density at radius 1 is 1.40 bits per heavy atom. The zero-order valence-electron chi connectivity index (χ0n) is 5.07. The number of aliphatic carboxylic acids is 1. The summed E-state index contributed by atoms with van der Waals surface area (Å²) in [5.41, 5.74) is 0. The van der Waals surface area contributed by atoms with Crippen molar-refractivity contribution in [1.29, 1.82) is 0 Å². The maximum Gasteiger partial charge on any atom is -0.00934 e. The number of carboxylic acid groups (broad SMARTS) is 1. The molecule has 0 saturated carbocycles. The number of hydrogen-bond donors (Lipinski definition) is 1. The zero-order chi connectivity index (χ0) is 7.11. The van der Waals surface area contributed by atoms with E-state index in [2.05, 4.69) is 0 Å². The van der Waals surface area contributed by atoms with Gasteiger partial charge in [-0.2, -0.15) is 11.3 Å². The van der Waals surface area contributed by atoms with Gasteiger partial charge in [0.2, 0.25) is 0 Å². The molecule has 1 N–H and O–H groups in total. The second kappa shape index (κ2) is 8.77. The van der Waals surface area contributed by atoms with E-state index >= 15 is 0 Å². The number of hydrogen-bond acceptors (Lipinski definition) is 2. The zero-order valence-corrected chi connectivity index (χ0v) is 5.89. The van der Waals surface area contributed by atoms with Gasteiger partial charge in [0.1, 0.15) is 0 Å². The number of thiophene rings is 1. The predicted molar refractivity (Wildman–Crippen MR) is 44.8 cm³/mol. The molecular weight excluding hydrogens is 143 g/mol. The van der Waals surface area contributed by atoms with Gasteiger partial charge in [0.25, 0.3) is 5.97 Å². The molecule has 0 aliphatic heterocycles. The Morgan fingerprint density at radius 2 is 1.70 bits per heavy atom. The molecule has 0 saturated heterocycles. The fourth-order valence-corrected chi connectivity index (χ4v) is 0.680. The third-order valence-electron chi connectivity index (χ3n) is 0.425. The van der Waals surface area contributed by atoms with Gasteiger partial charge in [0.15, 0.2) is 0 Å². The molecule has 52 valence electrons. The summed E-state index contributed by atoms with van der Waals surface area (Å²) in [6.45, 7) is 1.08. The maximum atomic E-state index is 9.00. The van der Waals surface area contributed by atoms with Gasteiger partial charge in [-0.15, -0.1) is 0 Å². The van der Waals surface area contributed by atoms with Crippen LogP contribution in [0.1, 0.15) is 6.92 Å². The Morgan fingerprint density at radius 3 is 1.80 bits per heavy atom. The van der Waals surface area contributed by atoms with E-state index < -0.39 is 5.97 Å². The topological polar surface area (TPSA) is 37.3 Å². The molecule has 1 aromatic heterocycles. The summed E-state index contributed by atoms with van der Waals surface area (Å²) in [5, 5.41) is 11.5. The minimum Gasteiger partial charge on any atom is -0.152 e. The van der Waals surface area contributed by atoms with Crippen LogP contribution in [0, 0.1) is 0 Å². The third kappa shape index (κ3) is 15.7. The Hall–Kier alpha value is -0.233. The number of rotatable bonds is 0. The standard InChI is InChI=1S/C4H4S.C2H4O2.Li.H/c1-2-4-5-3-1;1-2(3)4;;/h1-4H;1H3,(H,3,4);;. The van der Waals surface area contributed by atoms with Crippen molar-refractivity contribution in [2.75, 3.05) is 0 Å². The van der Waals surface area contributed by atoms with Gasteiger partial charge in [0, 0.05) is 6.92 Å². The molecule has 1 rings (SSSR count). The van der Waals surface area contributed by atoms with Crippen LogP contribution in [0.2, 0.25) is 0 Å². The average molecular weight is 152 g/mol. The van der Waals surface area contributed by atoms with Crippen LogP contribution in [0.3, 0.4) is 0 Å². The first-order valence-electron chi connectivity index (χ1n) is 2.40. The summed E-state index contributed by atoms with van der Waals surface area (Å²) >= 11 is 1.71. The summed E-state index contributed by atoms with van der Waals surface area (Å²) in [4.78, 5) is 9.00. The van der Waals surface area contributed by atoms with Gasteiger partial charge >= 0.3 is 18.9 Å². The average Bonchev–Trinajstić information content (AvgIpc) is 2.11. The first-order valence-corrected chi connectivity index (χ1v) is 3.34. The smallest absolute Gasteiger partial charge is 0.00934 e. The quantitative estimate of drug-likeness (QED) is 0.567. The molecule has 10 heavy (non-hydrogen) atoms. The van der Waals surface area contributed by atoms with E-state index in [1.165, 1.54) is 0 Å². The van der Waals surface area contributed by atoms with Gasteiger partial charge in [-0.05, 0) is 10.8 Å². The number of carbonyl (C=O) groups is 1. The molecule has 0 aliphatic carbocycles. The van der Waals surface area contributed by atoms with Crippen molar-refractivity contribution in [3.05, 3.63) is 22.9 Å². The van der Waals surface area contributed by atoms with Gasteiger partial charge in [-0.3, -0.25) is 4.79 Å². The molecule has 0 amide bonds. The molecular formula is C6H9LiO2S. The predicted octanol–water partition coefficient (Wildman–Crippen LogP) is 1.19. The van der Waals surface area contributed by atoms with Crippen LogP contribution in [-0.4, -0.2) is 29.9 Å². The molecule has 2 nitrogen and oxygen atoms in total. The molecule has 4 heteroatoms. The molecule has 1 aromatic rings. The van der Waals surface area contributed by atoms with Crippen LogP contribution in [-0.2, 0) is 4.79 Å². The van der Waals surface area contributed by atoms with E-state index in [-0.39, 0.29) is 18.9 Å². The van der Waals surface area contributed by atoms with Gasteiger partial charge in [-0.1, -0.05) is 12.1 Å². The fraction of sp³-hybridized carbons (Fsp3) is 0.167. The minimum absolute atomic E-state index is 0. The van der Waals surface area contributed by atoms with Crippen molar-refractivity contribution in [2.45, 2.75) is 6.92 Å². The monoisotopic (exact) mass is 152 g/mol. The van der Waals surface area contributed by atoms with Crippen LogP contribution in [0.4, 0.5) is 0 Å². The normalized spacial score (nSPS) is 6.50. The molecule has 0 fully saturated rings. The van der Waals surface area contributed by atoms with Gasteiger partial charge < -0.3 is 5.11 Å². The summed E-state index contributed by atoms with van der Waals surface area (Å²) in [7, 11) is 0. The van der Waals surface area contributed by atoms with Gasteiger partial charge in [0.05, 0.1) is 0 Å². The van der Waals surface area contributed by atoms with Crippen LogP contribution in [0.5, 0.6) is 0 Å². The Bertz CT molecular complexity index is 130.